The second kappa shape index (κ2) is 6.57. The Bertz CT molecular complexity index is 518. The van der Waals surface area contributed by atoms with Crippen LogP contribution in [0.5, 0.6) is 0 Å². The van der Waals surface area contributed by atoms with E-state index in [0.29, 0.717) is 17.4 Å². The van der Waals surface area contributed by atoms with E-state index in [4.69, 9.17) is 11.6 Å². The summed E-state index contributed by atoms with van der Waals surface area (Å²) in [7, 11) is -3.41. The van der Waals surface area contributed by atoms with Gasteiger partial charge in [-0.25, -0.2) is 13.1 Å². The molecule has 2 atom stereocenters. The summed E-state index contributed by atoms with van der Waals surface area (Å²) in [4.78, 5) is 0.300. The van der Waals surface area contributed by atoms with Crippen LogP contribution in [-0.4, -0.2) is 20.3 Å². The zero-order chi connectivity index (χ0) is 13.9. The van der Waals surface area contributed by atoms with Crippen molar-refractivity contribution in [2.24, 2.45) is 5.92 Å². The molecule has 0 aromatic heterocycles. The molecule has 0 spiro atoms. The normalized spacial score (nSPS) is 24.3. The maximum absolute atomic E-state index is 12.1. The lowest BCUT2D eigenvalue weighted by Gasteiger charge is -2.25. The molecule has 19 heavy (non-hydrogen) atoms. The van der Waals surface area contributed by atoms with E-state index in [0.717, 1.165) is 30.2 Å². The molecule has 1 aliphatic carbocycles. The molecule has 0 aliphatic heterocycles. The summed E-state index contributed by atoms with van der Waals surface area (Å²) in [5.41, 5.74) is 0. The smallest absolute Gasteiger partial charge is 0.211 e. The second-order valence-electron chi connectivity index (χ2n) is 4.94. The van der Waals surface area contributed by atoms with Crippen molar-refractivity contribution in [1.29, 1.82) is 0 Å². The van der Waals surface area contributed by atoms with Crippen LogP contribution in [0.4, 0.5) is 0 Å². The molecule has 2 unspecified atom stereocenters. The van der Waals surface area contributed by atoms with E-state index in [9.17, 15) is 8.42 Å². The highest BCUT2D eigenvalue weighted by Gasteiger charge is 2.22. The molecule has 3 nitrogen and oxygen atoms in total. The van der Waals surface area contributed by atoms with Gasteiger partial charge in [-0.2, -0.15) is 0 Å². The van der Waals surface area contributed by atoms with Crippen LogP contribution in [0.25, 0.3) is 0 Å². The number of alkyl halides is 1. The maximum atomic E-state index is 12.1. The van der Waals surface area contributed by atoms with Crippen molar-refractivity contribution in [2.75, 3.05) is 6.54 Å². The molecule has 1 saturated carbocycles. The third-order valence-electron chi connectivity index (χ3n) is 3.40. The predicted octanol–water partition coefficient (Wildman–Crippen LogP) is 3.53. The van der Waals surface area contributed by atoms with Gasteiger partial charge < -0.3 is 0 Å². The Labute approximate surface area is 127 Å². The summed E-state index contributed by atoms with van der Waals surface area (Å²) < 4.78 is 27.8. The lowest BCUT2D eigenvalue weighted by molar-refractivity contribution is 0.361. The first kappa shape index (κ1) is 15.3. The Balaban J connectivity index is 1.96. The minimum Gasteiger partial charge on any atom is -0.211 e. The number of sulfonamides is 1. The molecule has 1 fully saturated rings. The van der Waals surface area contributed by atoms with E-state index in [2.05, 4.69) is 20.7 Å². The Morgan fingerprint density at radius 1 is 1.26 bits per heavy atom. The molecule has 0 radical (unpaired) electrons. The van der Waals surface area contributed by atoms with E-state index in [1.54, 1.807) is 24.3 Å². The first-order chi connectivity index (χ1) is 8.97. The van der Waals surface area contributed by atoms with Gasteiger partial charge in [0.1, 0.15) is 0 Å². The van der Waals surface area contributed by atoms with Crippen molar-refractivity contribution < 1.29 is 8.42 Å². The summed E-state index contributed by atoms with van der Waals surface area (Å²) >= 11 is 9.40. The van der Waals surface area contributed by atoms with Crippen molar-refractivity contribution in [1.82, 2.24) is 4.72 Å². The highest BCUT2D eigenvalue weighted by molar-refractivity contribution is 9.10. The van der Waals surface area contributed by atoms with E-state index in [1.807, 2.05) is 0 Å². The zero-order valence-corrected chi connectivity index (χ0v) is 13.6. The predicted molar refractivity (Wildman–Crippen MR) is 80.9 cm³/mol. The zero-order valence-electron chi connectivity index (χ0n) is 10.5. The molecule has 0 amide bonds. The average Bonchev–Trinajstić information content (AvgIpc) is 2.37. The van der Waals surface area contributed by atoms with Gasteiger partial charge in [-0.15, -0.1) is 11.6 Å². The molecule has 1 aliphatic rings. The quantitative estimate of drug-likeness (QED) is 0.829. The van der Waals surface area contributed by atoms with Crippen molar-refractivity contribution in [3.05, 3.63) is 28.7 Å². The fourth-order valence-electron chi connectivity index (χ4n) is 2.34. The average molecular weight is 367 g/mol. The Hall–Kier alpha value is -0.100. The van der Waals surface area contributed by atoms with Crippen LogP contribution in [0.3, 0.4) is 0 Å². The van der Waals surface area contributed by atoms with E-state index in [1.165, 1.54) is 0 Å². The Morgan fingerprint density at radius 3 is 2.58 bits per heavy atom. The SMILES string of the molecule is O=S(=O)(NCC1CCCC(Cl)C1)c1ccc(Br)cc1. The molecule has 1 aromatic carbocycles. The molecular formula is C13H17BrClNO2S. The maximum Gasteiger partial charge on any atom is 0.240 e. The van der Waals surface area contributed by atoms with Crippen LogP contribution >= 0.6 is 27.5 Å². The number of halogens is 2. The van der Waals surface area contributed by atoms with Gasteiger partial charge in [-0.05, 0) is 49.4 Å². The summed E-state index contributed by atoms with van der Waals surface area (Å²) in [5, 5.41) is 0.191. The fraction of sp³-hybridized carbons (Fsp3) is 0.538. The third kappa shape index (κ3) is 4.45. The van der Waals surface area contributed by atoms with Gasteiger partial charge in [0, 0.05) is 16.4 Å². The number of hydrogen-bond acceptors (Lipinski definition) is 2. The number of rotatable bonds is 4. The van der Waals surface area contributed by atoms with E-state index >= 15 is 0 Å². The molecular weight excluding hydrogens is 350 g/mol. The minimum atomic E-state index is -3.41. The topological polar surface area (TPSA) is 46.2 Å². The van der Waals surface area contributed by atoms with E-state index in [-0.39, 0.29) is 5.38 Å². The molecule has 0 heterocycles. The fourth-order valence-corrected chi connectivity index (χ4v) is 4.12. The first-order valence-electron chi connectivity index (χ1n) is 6.36. The van der Waals surface area contributed by atoms with Gasteiger partial charge in [-0.3, -0.25) is 0 Å². The molecule has 0 bridgehead atoms. The van der Waals surface area contributed by atoms with Gasteiger partial charge in [0.05, 0.1) is 4.90 Å². The molecule has 0 saturated heterocycles. The van der Waals surface area contributed by atoms with Crippen LogP contribution in [0.1, 0.15) is 25.7 Å². The number of hydrogen-bond donors (Lipinski definition) is 1. The Kier molecular flexibility index (Phi) is 5.29. The summed E-state index contributed by atoms with van der Waals surface area (Å²) in [6.07, 6.45) is 4.06. The summed E-state index contributed by atoms with van der Waals surface area (Å²) in [5.74, 6) is 0.349. The van der Waals surface area contributed by atoms with Gasteiger partial charge in [0.15, 0.2) is 0 Å². The highest BCUT2D eigenvalue weighted by atomic mass is 79.9. The van der Waals surface area contributed by atoms with Crippen LogP contribution in [0, 0.1) is 5.92 Å². The van der Waals surface area contributed by atoms with Gasteiger partial charge in [0.2, 0.25) is 10.0 Å². The molecule has 2 rings (SSSR count). The van der Waals surface area contributed by atoms with Crippen molar-refractivity contribution in [3.8, 4) is 0 Å². The molecule has 1 N–H and O–H groups in total. The van der Waals surface area contributed by atoms with Crippen molar-refractivity contribution in [2.45, 2.75) is 36.0 Å². The molecule has 6 heteroatoms. The largest absolute Gasteiger partial charge is 0.240 e. The van der Waals surface area contributed by atoms with Gasteiger partial charge in [-0.1, -0.05) is 22.4 Å². The van der Waals surface area contributed by atoms with Crippen molar-refractivity contribution in [3.63, 3.8) is 0 Å². The van der Waals surface area contributed by atoms with Gasteiger partial charge in [0.25, 0.3) is 0 Å². The van der Waals surface area contributed by atoms with Crippen molar-refractivity contribution >= 4 is 37.6 Å². The van der Waals surface area contributed by atoms with Crippen LogP contribution in [0.2, 0.25) is 0 Å². The first-order valence-corrected chi connectivity index (χ1v) is 9.08. The lowest BCUT2D eigenvalue weighted by Crippen LogP contribution is -2.32. The third-order valence-corrected chi connectivity index (χ3v) is 5.77. The monoisotopic (exact) mass is 365 g/mol. The molecule has 1 aromatic rings. The standard InChI is InChI=1S/C13H17BrClNO2S/c14-11-4-6-13(7-5-11)19(17,18)16-9-10-2-1-3-12(15)8-10/h4-7,10,12,16H,1-3,8-9H2. The molecule has 106 valence electrons. The number of benzene rings is 1. The van der Waals surface area contributed by atoms with Crippen LogP contribution in [-0.2, 0) is 10.0 Å². The van der Waals surface area contributed by atoms with Gasteiger partial charge >= 0.3 is 0 Å². The summed E-state index contributed by atoms with van der Waals surface area (Å²) in [6, 6.07) is 6.64. The lowest BCUT2D eigenvalue weighted by atomic mass is 9.89. The Morgan fingerprint density at radius 2 is 1.95 bits per heavy atom. The van der Waals surface area contributed by atoms with Crippen LogP contribution in [0.15, 0.2) is 33.6 Å². The minimum absolute atomic E-state index is 0.191. The second-order valence-corrected chi connectivity index (χ2v) is 8.24. The number of nitrogens with one attached hydrogen (secondary N) is 1. The van der Waals surface area contributed by atoms with Crippen LogP contribution < -0.4 is 4.72 Å². The highest BCUT2D eigenvalue weighted by Crippen LogP contribution is 2.27. The van der Waals surface area contributed by atoms with E-state index < -0.39 is 10.0 Å². The summed E-state index contributed by atoms with van der Waals surface area (Å²) in [6.45, 7) is 0.474.